The second kappa shape index (κ2) is 9.66. The van der Waals surface area contributed by atoms with Crippen molar-refractivity contribution in [3.63, 3.8) is 0 Å². The van der Waals surface area contributed by atoms with E-state index < -0.39 is 6.61 Å². The third kappa shape index (κ3) is 4.36. The maximum Gasteiger partial charge on any atom is 0.256 e. The van der Waals surface area contributed by atoms with E-state index in [0.717, 1.165) is 49.6 Å². The lowest BCUT2D eigenvalue weighted by atomic mass is 10.0. The maximum absolute atomic E-state index is 14.2. The van der Waals surface area contributed by atoms with Crippen LogP contribution < -0.4 is 0 Å². The van der Waals surface area contributed by atoms with Crippen molar-refractivity contribution >= 4 is 22.6 Å². The molecule has 2 aromatic carbocycles. The lowest BCUT2D eigenvalue weighted by molar-refractivity contribution is 0.0322. The van der Waals surface area contributed by atoms with E-state index in [9.17, 15) is 14.0 Å². The third-order valence-electron chi connectivity index (χ3n) is 6.80. The van der Waals surface area contributed by atoms with Gasteiger partial charge in [-0.15, -0.1) is 0 Å². The predicted octanol–water partition coefficient (Wildman–Crippen LogP) is 2.33. The van der Waals surface area contributed by atoms with Crippen molar-refractivity contribution in [1.82, 2.24) is 14.4 Å². The fourth-order valence-corrected chi connectivity index (χ4v) is 4.93. The molecular weight excluding hydrogens is 437 g/mol. The van der Waals surface area contributed by atoms with Crippen molar-refractivity contribution < 1.29 is 23.8 Å². The van der Waals surface area contributed by atoms with Gasteiger partial charge >= 0.3 is 0 Å². The molecule has 3 heterocycles. The molecule has 7 nitrogen and oxygen atoms in total. The molecule has 3 aromatic rings. The summed E-state index contributed by atoms with van der Waals surface area (Å²) in [7, 11) is 0. The van der Waals surface area contributed by atoms with Gasteiger partial charge in [0.05, 0.1) is 18.8 Å². The summed E-state index contributed by atoms with van der Waals surface area (Å²) in [4.78, 5) is 29.4. The number of benzene rings is 2. The molecule has 0 saturated carbocycles. The fourth-order valence-electron chi connectivity index (χ4n) is 4.93. The number of carbonyl (C=O) groups is 2. The van der Waals surface area contributed by atoms with E-state index in [-0.39, 0.29) is 17.5 Å². The number of morpholine rings is 1. The fraction of sp³-hybridized carbons (Fsp3) is 0.385. The Balaban J connectivity index is 1.43. The number of aliphatic hydroxyl groups is 1. The molecule has 0 spiro atoms. The number of amides is 1. The molecule has 0 aliphatic carbocycles. The van der Waals surface area contributed by atoms with Gasteiger partial charge in [0.15, 0.2) is 5.78 Å². The van der Waals surface area contributed by atoms with Crippen LogP contribution in [0.5, 0.6) is 0 Å². The van der Waals surface area contributed by atoms with Gasteiger partial charge in [0.25, 0.3) is 5.91 Å². The van der Waals surface area contributed by atoms with Crippen LogP contribution in [-0.2, 0) is 17.7 Å². The minimum Gasteiger partial charge on any atom is -0.388 e. The van der Waals surface area contributed by atoms with Gasteiger partial charge in [0.1, 0.15) is 12.4 Å². The molecule has 1 saturated heterocycles. The lowest BCUT2D eigenvalue weighted by Gasteiger charge is -2.32. The molecule has 0 atom stereocenters. The average molecular weight is 466 g/mol. The maximum atomic E-state index is 14.2. The molecule has 1 amide bonds. The van der Waals surface area contributed by atoms with Crippen LogP contribution in [0.15, 0.2) is 42.5 Å². The number of fused-ring (bicyclic) bond motifs is 3. The second-order valence-corrected chi connectivity index (χ2v) is 8.84. The van der Waals surface area contributed by atoms with Crippen LogP contribution in [-0.4, -0.2) is 83.7 Å². The van der Waals surface area contributed by atoms with Crippen LogP contribution in [0.1, 0.15) is 32.0 Å². The van der Waals surface area contributed by atoms with E-state index in [1.807, 2.05) is 17.0 Å². The van der Waals surface area contributed by atoms with Gasteiger partial charge in [-0.3, -0.25) is 14.5 Å². The Morgan fingerprint density at radius 2 is 1.79 bits per heavy atom. The zero-order chi connectivity index (χ0) is 23.7. The van der Waals surface area contributed by atoms with E-state index in [4.69, 9.17) is 9.84 Å². The smallest absolute Gasteiger partial charge is 0.256 e. The summed E-state index contributed by atoms with van der Waals surface area (Å²) in [5.41, 5.74) is 3.75. The standard InChI is InChI=1S/C26H28FN3O4/c27-20-5-6-22-21(15-20)25-23(30(22)16-18-1-3-19(4-2-18)24(32)17-31)7-8-29(26(25)33)10-9-28-11-13-34-14-12-28/h1-6,15,31H,7-14,16-17H2. The zero-order valence-corrected chi connectivity index (χ0v) is 19.0. The quantitative estimate of drug-likeness (QED) is 0.542. The predicted molar refractivity (Wildman–Crippen MR) is 126 cm³/mol. The van der Waals surface area contributed by atoms with Crippen LogP contribution in [0.25, 0.3) is 10.9 Å². The molecule has 5 rings (SSSR count). The molecular formula is C26H28FN3O4. The first kappa shape index (κ1) is 22.7. The number of hydrogen-bond acceptors (Lipinski definition) is 5. The van der Waals surface area contributed by atoms with Crippen molar-refractivity contribution in [3.05, 3.63) is 70.7 Å². The number of ether oxygens (including phenoxy) is 1. The minimum absolute atomic E-state index is 0.0484. The topological polar surface area (TPSA) is 75.0 Å². The van der Waals surface area contributed by atoms with Crippen LogP contribution in [0.3, 0.4) is 0 Å². The van der Waals surface area contributed by atoms with Crippen molar-refractivity contribution in [2.45, 2.75) is 13.0 Å². The molecule has 34 heavy (non-hydrogen) atoms. The molecule has 1 fully saturated rings. The molecule has 8 heteroatoms. The summed E-state index contributed by atoms with van der Waals surface area (Å²) in [6.07, 6.45) is 0.696. The molecule has 178 valence electrons. The molecule has 2 aliphatic heterocycles. The SMILES string of the molecule is O=C(CO)c1ccc(Cn2c3c(c4cc(F)ccc42)C(=O)N(CCN2CCOCC2)CC3)cc1. The number of rotatable bonds is 7. The van der Waals surface area contributed by atoms with E-state index >= 15 is 0 Å². The van der Waals surface area contributed by atoms with Crippen LogP contribution in [0, 0.1) is 5.82 Å². The number of hydrogen-bond donors (Lipinski definition) is 1. The highest BCUT2D eigenvalue weighted by atomic mass is 19.1. The molecule has 0 radical (unpaired) electrons. The number of nitrogens with zero attached hydrogens (tertiary/aromatic N) is 3. The van der Waals surface area contributed by atoms with Crippen LogP contribution in [0.4, 0.5) is 4.39 Å². The van der Waals surface area contributed by atoms with Crippen molar-refractivity contribution in [1.29, 1.82) is 0 Å². The first-order valence-electron chi connectivity index (χ1n) is 11.7. The summed E-state index contributed by atoms with van der Waals surface area (Å²) in [5, 5.41) is 9.71. The first-order valence-corrected chi connectivity index (χ1v) is 11.7. The van der Waals surface area contributed by atoms with Crippen molar-refractivity contribution in [2.24, 2.45) is 0 Å². The zero-order valence-electron chi connectivity index (χ0n) is 19.0. The van der Waals surface area contributed by atoms with E-state index in [0.29, 0.717) is 42.6 Å². The Labute approximate surface area is 197 Å². The highest BCUT2D eigenvalue weighted by Gasteiger charge is 2.31. The Kier molecular flexibility index (Phi) is 6.45. The number of Topliss-reactive ketones (excluding diaryl/α,β-unsaturated/α-hetero) is 1. The van der Waals surface area contributed by atoms with Gasteiger partial charge in [-0.2, -0.15) is 0 Å². The molecule has 2 aliphatic rings. The van der Waals surface area contributed by atoms with Gasteiger partial charge in [0.2, 0.25) is 0 Å². The largest absolute Gasteiger partial charge is 0.388 e. The van der Waals surface area contributed by atoms with Crippen molar-refractivity contribution in [2.75, 3.05) is 52.5 Å². The summed E-state index contributed by atoms with van der Waals surface area (Å²) in [6, 6.07) is 11.7. The van der Waals surface area contributed by atoms with Crippen molar-refractivity contribution in [3.8, 4) is 0 Å². The summed E-state index contributed by atoms with van der Waals surface area (Å²) in [6.45, 7) is 5.24. The number of aliphatic hydroxyl groups excluding tert-OH is 1. The number of aromatic nitrogens is 1. The van der Waals surface area contributed by atoms with Gasteiger partial charge in [-0.1, -0.05) is 24.3 Å². The molecule has 0 bridgehead atoms. The average Bonchev–Trinajstić information content (AvgIpc) is 3.17. The highest BCUT2D eigenvalue weighted by molar-refractivity contribution is 6.09. The van der Waals surface area contributed by atoms with E-state index in [2.05, 4.69) is 9.47 Å². The van der Waals surface area contributed by atoms with E-state index in [1.165, 1.54) is 12.1 Å². The Morgan fingerprint density at radius 3 is 2.53 bits per heavy atom. The second-order valence-electron chi connectivity index (χ2n) is 8.84. The molecule has 1 aromatic heterocycles. The summed E-state index contributed by atoms with van der Waals surface area (Å²) in [5.74, 6) is -0.737. The monoisotopic (exact) mass is 465 g/mol. The van der Waals surface area contributed by atoms with Gasteiger partial charge in [0, 0.05) is 67.8 Å². The van der Waals surface area contributed by atoms with Gasteiger partial charge in [-0.05, 0) is 23.8 Å². The number of halogens is 1. The highest BCUT2D eigenvalue weighted by Crippen LogP contribution is 2.32. The Morgan fingerprint density at radius 1 is 1.03 bits per heavy atom. The summed E-state index contributed by atoms with van der Waals surface area (Å²) < 4.78 is 21.7. The molecule has 0 unspecified atom stereocenters. The Hall–Kier alpha value is -3.07. The van der Waals surface area contributed by atoms with Crippen LogP contribution >= 0.6 is 0 Å². The van der Waals surface area contributed by atoms with Crippen LogP contribution in [0.2, 0.25) is 0 Å². The number of carbonyl (C=O) groups excluding carboxylic acids is 2. The lowest BCUT2D eigenvalue weighted by Crippen LogP contribution is -2.45. The van der Waals surface area contributed by atoms with Gasteiger partial charge < -0.3 is 19.3 Å². The van der Waals surface area contributed by atoms with E-state index in [1.54, 1.807) is 18.2 Å². The molecule has 1 N–H and O–H groups in total. The summed E-state index contributed by atoms with van der Waals surface area (Å²) >= 11 is 0. The third-order valence-corrected chi connectivity index (χ3v) is 6.80. The number of ketones is 1. The first-order chi connectivity index (χ1) is 16.5. The normalized spacial score (nSPS) is 16.8. The Bertz CT molecular complexity index is 1220. The van der Waals surface area contributed by atoms with Gasteiger partial charge in [-0.25, -0.2) is 4.39 Å². The minimum atomic E-state index is -0.523.